The zero-order valence-electron chi connectivity index (χ0n) is 7.83. The molecule has 0 aliphatic carbocycles. The van der Waals surface area contributed by atoms with Crippen LogP contribution < -0.4 is 0 Å². The summed E-state index contributed by atoms with van der Waals surface area (Å²) in [5, 5.41) is 29.1. The number of aliphatic carboxylic acids is 1. The molecule has 0 spiro atoms. The second-order valence-corrected chi connectivity index (χ2v) is 4.47. The molecule has 0 saturated heterocycles. The number of thiol groups is 1. The van der Waals surface area contributed by atoms with Crippen LogP contribution in [0, 0.1) is 0 Å². The predicted molar refractivity (Wildman–Crippen MR) is 60.5 cm³/mol. The molecule has 0 aliphatic rings. The molecule has 0 bridgehead atoms. The predicted octanol–water partition coefficient (Wildman–Crippen LogP) is 0.699. The normalized spacial score (nSPS) is 14.9. The molecule has 15 heavy (non-hydrogen) atoms. The van der Waals surface area contributed by atoms with Crippen molar-refractivity contribution in [3.8, 4) is 0 Å². The summed E-state index contributed by atoms with van der Waals surface area (Å²) in [7, 11) is 0. The minimum absolute atomic E-state index is 0.0612. The largest absolute Gasteiger partial charge is 0.481 e. The van der Waals surface area contributed by atoms with Crippen molar-refractivity contribution in [1.29, 1.82) is 0 Å². The third-order valence-electron chi connectivity index (χ3n) is 1.89. The number of carbonyl (C=O) groups is 1. The Labute approximate surface area is 96.6 Å². The van der Waals surface area contributed by atoms with Crippen LogP contribution >= 0.6 is 24.0 Å². The van der Waals surface area contributed by atoms with Crippen molar-refractivity contribution in [3.05, 3.63) is 21.9 Å². The summed E-state index contributed by atoms with van der Waals surface area (Å²) in [6, 6.07) is 1.59. The van der Waals surface area contributed by atoms with Gasteiger partial charge in [-0.2, -0.15) is 12.6 Å². The zero-order chi connectivity index (χ0) is 11.4. The van der Waals surface area contributed by atoms with Crippen LogP contribution in [0.5, 0.6) is 0 Å². The number of hydrogen-bond acceptors (Lipinski definition) is 5. The molecular weight excluding hydrogens is 236 g/mol. The van der Waals surface area contributed by atoms with E-state index in [4.69, 9.17) is 5.11 Å². The Kier molecular flexibility index (Phi) is 4.59. The maximum Gasteiger partial charge on any atom is 0.308 e. The molecule has 0 radical (unpaired) electrons. The van der Waals surface area contributed by atoms with Gasteiger partial charge in [-0.15, -0.1) is 11.3 Å². The molecule has 0 amide bonds. The van der Waals surface area contributed by atoms with E-state index in [-0.39, 0.29) is 12.2 Å². The van der Waals surface area contributed by atoms with Gasteiger partial charge in [-0.3, -0.25) is 4.79 Å². The van der Waals surface area contributed by atoms with Crippen molar-refractivity contribution in [2.24, 2.45) is 0 Å². The number of aliphatic hydroxyl groups excluding tert-OH is 2. The smallest absolute Gasteiger partial charge is 0.308 e. The lowest BCUT2D eigenvalue weighted by Gasteiger charge is -2.13. The van der Waals surface area contributed by atoms with Crippen LogP contribution in [0.1, 0.15) is 16.5 Å². The number of rotatable bonds is 5. The molecule has 0 aliphatic heterocycles. The van der Waals surface area contributed by atoms with Crippen LogP contribution in [-0.4, -0.2) is 33.1 Å². The fourth-order valence-corrected chi connectivity index (χ4v) is 2.22. The summed E-state index contributed by atoms with van der Waals surface area (Å²) >= 11 is 5.12. The van der Waals surface area contributed by atoms with Crippen molar-refractivity contribution in [2.45, 2.75) is 18.6 Å². The first-order valence-electron chi connectivity index (χ1n) is 4.30. The average molecular weight is 248 g/mol. The van der Waals surface area contributed by atoms with Crippen LogP contribution in [0.4, 0.5) is 0 Å². The highest BCUT2D eigenvalue weighted by Crippen LogP contribution is 2.24. The van der Waals surface area contributed by atoms with E-state index in [1.165, 1.54) is 11.3 Å². The van der Waals surface area contributed by atoms with Gasteiger partial charge in [-0.1, -0.05) is 0 Å². The Morgan fingerprint density at radius 2 is 2.20 bits per heavy atom. The Morgan fingerprint density at radius 3 is 2.73 bits per heavy atom. The topological polar surface area (TPSA) is 77.8 Å². The fourth-order valence-electron chi connectivity index (χ4n) is 1.12. The molecule has 3 N–H and O–H groups in total. The second kappa shape index (κ2) is 5.50. The zero-order valence-corrected chi connectivity index (χ0v) is 9.54. The lowest BCUT2D eigenvalue weighted by molar-refractivity contribution is -0.136. The summed E-state index contributed by atoms with van der Waals surface area (Å²) in [6.45, 7) is 0. The lowest BCUT2D eigenvalue weighted by Crippen LogP contribution is -2.19. The maximum atomic E-state index is 10.4. The Morgan fingerprint density at radius 1 is 1.53 bits per heavy atom. The van der Waals surface area contributed by atoms with Crippen molar-refractivity contribution < 1.29 is 20.1 Å². The van der Waals surface area contributed by atoms with Crippen molar-refractivity contribution in [2.75, 3.05) is 5.75 Å². The van der Waals surface area contributed by atoms with E-state index in [9.17, 15) is 15.0 Å². The van der Waals surface area contributed by atoms with Gasteiger partial charge in [0.25, 0.3) is 0 Å². The molecular formula is C9H12O4S2. The van der Waals surface area contributed by atoms with Gasteiger partial charge in [0, 0.05) is 10.6 Å². The third-order valence-corrected chi connectivity index (χ3v) is 3.22. The van der Waals surface area contributed by atoms with Crippen LogP contribution in [0.15, 0.2) is 11.4 Å². The molecule has 1 aromatic heterocycles. The highest BCUT2D eigenvalue weighted by molar-refractivity contribution is 7.80. The highest BCUT2D eigenvalue weighted by Gasteiger charge is 2.18. The third kappa shape index (κ3) is 3.49. The van der Waals surface area contributed by atoms with Gasteiger partial charge >= 0.3 is 5.97 Å². The summed E-state index contributed by atoms with van der Waals surface area (Å²) in [6.07, 6.45) is -1.99. The van der Waals surface area contributed by atoms with E-state index in [1.54, 1.807) is 11.4 Å². The molecule has 1 aromatic rings. The van der Waals surface area contributed by atoms with E-state index < -0.39 is 18.2 Å². The van der Waals surface area contributed by atoms with Crippen LogP contribution in [0.25, 0.3) is 0 Å². The maximum absolute atomic E-state index is 10.4. The quantitative estimate of drug-likeness (QED) is 0.578. The molecule has 6 heteroatoms. The number of thiophene rings is 1. The summed E-state index contributed by atoms with van der Waals surface area (Å²) in [5.74, 6) is -0.752. The summed E-state index contributed by atoms with van der Waals surface area (Å²) in [4.78, 5) is 11.1. The average Bonchev–Trinajstić information content (AvgIpc) is 2.63. The lowest BCUT2D eigenvalue weighted by atomic mass is 10.1. The van der Waals surface area contributed by atoms with E-state index in [0.717, 1.165) is 0 Å². The first kappa shape index (κ1) is 12.5. The molecule has 0 saturated carbocycles. The molecule has 4 nitrogen and oxygen atoms in total. The van der Waals surface area contributed by atoms with Gasteiger partial charge in [0.2, 0.25) is 0 Å². The molecule has 2 unspecified atom stereocenters. The summed E-state index contributed by atoms with van der Waals surface area (Å²) < 4.78 is 0. The monoisotopic (exact) mass is 248 g/mol. The number of carboxylic acids is 1. The Hall–Kier alpha value is -0.560. The number of hydrogen-bond donors (Lipinski definition) is 4. The SMILES string of the molecule is O=C(O)Cc1cc(C(O)C(O)CS)cs1. The molecule has 2 atom stereocenters. The van der Waals surface area contributed by atoms with Crippen LogP contribution in [0.3, 0.4) is 0 Å². The van der Waals surface area contributed by atoms with Crippen LogP contribution in [0.2, 0.25) is 0 Å². The van der Waals surface area contributed by atoms with E-state index >= 15 is 0 Å². The Balaban J connectivity index is 2.70. The van der Waals surface area contributed by atoms with Gasteiger partial charge in [0.05, 0.1) is 12.5 Å². The first-order valence-corrected chi connectivity index (χ1v) is 5.82. The molecule has 1 heterocycles. The molecule has 0 aromatic carbocycles. The summed E-state index contributed by atoms with van der Waals surface area (Å²) in [5.41, 5.74) is 0.540. The van der Waals surface area contributed by atoms with Gasteiger partial charge in [-0.05, 0) is 17.0 Å². The minimum atomic E-state index is -0.999. The van der Waals surface area contributed by atoms with Gasteiger partial charge in [-0.25, -0.2) is 0 Å². The molecule has 84 valence electrons. The van der Waals surface area contributed by atoms with E-state index in [0.29, 0.717) is 10.4 Å². The number of aliphatic hydroxyl groups is 2. The van der Waals surface area contributed by atoms with Crippen LogP contribution in [-0.2, 0) is 11.2 Å². The highest BCUT2D eigenvalue weighted by atomic mass is 32.1. The van der Waals surface area contributed by atoms with E-state index in [1.807, 2.05) is 0 Å². The minimum Gasteiger partial charge on any atom is -0.481 e. The van der Waals surface area contributed by atoms with Gasteiger partial charge in [0.15, 0.2) is 0 Å². The van der Waals surface area contributed by atoms with Gasteiger partial charge < -0.3 is 15.3 Å². The Bertz CT molecular complexity index is 337. The first-order chi connectivity index (χ1) is 7.04. The fraction of sp³-hybridized carbons (Fsp3) is 0.444. The van der Waals surface area contributed by atoms with Crippen molar-refractivity contribution in [1.82, 2.24) is 0 Å². The van der Waals surface area contributed by atoms with Crippen molar-refractivity contribution >= 4 is 29.9 Å². The molecule has 1 rings (SSSR count). The van der Waals surface area contributed by atoms with Crippen molar-refractivity contribution in [3.63, 3.8) is 0 Å². The molecule has 0 fully saturated rings. The number of carboxylic acid groups (broad SMARTS) is 1. The van der Waals surface area contributed by atoms with E-state index in [2.05, 4.69) is 12.6 Å². The standard InChI is InChI=1S/C9H12O4S2/c10-7(3-14)9(13)5-1-6(15-4-5)2-8(11)12/h1,4,7,9-10,13-14H,2-3H2,(H,11,12). The van der Waals surface area contributed by atoms with Gasteiger partial charge in [0.1, 0.15) is 6.10 Å². The second-order valence-electron chi connectivity index (χ2n) is 3.11.